The van der Waals surface area contributed by atoms with Crippen molar-refractivity contribution in [3.05, 3.63) is 12.3 Å². The van der Waals surface area contributed by atoms with E-state index in [-0.39, 0.29) is 17.9 Å². The van der Waals surface area contributed by atoms with Crippen LogP contribution in [-0.2, 0) is 9.53 Å². The number of H-pyrrole nitrogens is 1. The fraction of sp³-hybridized carbons (Fsp3) is 0.556. The molecule has 6 nitrogen and oxygen atoms in total. The Hall–Kier alpha value is -1.40. The van der Waals surface area contributed by atoms with Crippen molar-refractivity contribution < 1.29 is 9.53 Å². The van der Waals surface area contributed by atoms with E-state index in [1.807, 2.05) is 7.05 Å². The first-order valence-corrected chi connectivity index (χ1v) is 4.86. The number of nitrogens with one attached hydrogen (secondary N) is 3. The first-order chi connectivity index (χ1) is 7.31. The molecular formula is C9H14N4O2. The lowest BCUT2D eigenvalue weighted by Gasteiger charge is -2.15. The first-order valence-electron chi connectivity index (χ1n) is 4.86. The van der Waals surface area contributed by atoms with Gasteiger partial charge >= 0.3 is 0 Å². The Morgan fingerprint density at radius 2 is 2.53 bits per heavy atom. The number of rotatable bonds is 3. The molecule has 1 aliphatic rings. The van der Waals surface area contributed by atoms with Crippen molar-refractivity contribution in [2.24, 2.45) is 5.92 Å². The molecule has 1 fully saturated rings. The third-order valence-corrected chi connectivity index (χ3v) is 2.55. The van der Waals surface area contributed by atoms with Crippen molar-refractivity contribution in [2.75, 3.05) is 25.6 Å². The van der Waals surface area contributed by atoms with E-state index in [4.69, 9.17) is 4.74 Å². The minimum Gasteiger partial charge on any atom is -0.379 e. The number of ether oxygens (including phenoxy) is 1. The summed E-state index contributed by atoms with van der Waals surface area (Å²) in [6.45, 7) is 1.04. The molecule has 82 valence electrons. The van der Waals surface area contributed by atoms with Crippen LogP contribution < -0.4 is 10.6 Å². The Labute approximate surface area is 87.4 Å². The van der Waals surface area contributed by atoms with Gasteiger partial charge in [-0.15, -0.1) is 0 Å². The lowest BCUT2D eigenvalue weighted by Crippen LogP contribution is -2.39. The summed E-state index contributed by atoms with van der Waals surface area (Å²) >= 11 is 0. The summed E-state index contributed by atoms with van der Waals surface area (Å²) < 4.78 is 5.25. The van der Waals surface area contributed by atoms with E-state index in [2.05, 4.69) is 20.8 Å². The van der Waals surface area contributed by atoms with Crippen LogP contribution in [0.25, 0.3) is 0 Å². The lowest BCUT2D eigenvalue weighted by molar-refractivity contribution is -0.120. The van der Waals surface area contributed by atoms with Crippen molar-refractivity contribution in [1.82, 2.24) is 15.5 Å². The van der Waals surface area contributed by atoms with Gasteiger partial charge in [0.15, 0.2) is 0 Å². The van der Waals surface area contributed by atoms with E-state index in [9.17, 15) is 4.79 Å². The molecule has 1 aliphatic heterocycles. The number of hydrogen-bond donors (Lipinski definition) is 3. The van der Waals surface area contributed by atoms with Crippen molar-refractivity contribution >= 4 is 11.7 Å². The molecule has 2 atom stereocenters. The van der Waals surface area contributed by atoms with Gasteiger partial charge in [-0.3, -0.25) is 9.89 Å². The van der Waals surface area contributed by atoms with Gasteiger partial charge in [0.1, 0.15) is 5.82 Å². The second kappa shape index (κ2) is 4.41. The quantitative estimate of drug-likeness (QED) is 0.633. The zero-order valence-corrected chi connectivity index (χ0v) is 8.49. The molecule has 0 spiro atoms. The number of nitrogens with zero attached hydrogens (tertiary/aromatic N) is 1. The van der Waals surface area contributed by atoms with E-state index in [0.717, 1.165) is 0 Å². The molecule has 0 aliphatic carbocycles. The summed E-state index contributed by atoms with van der Waals surface area (Å²) in [6, 6.07) is 1.80. The van der Waals surface area contributed by atoms with Crippen LogP contribution in [0.1, 0.15) is 0 Å². The molecule has 0 aromatic carbocycles. The highest BCUT2D eigenvalue weighted by molar-refractivity contribution is 5.92. The highest BCUT2D eigenvalue weighted by Crippen LogP contribution is 2.15. The van der Waals surface area contributed by atoms with Crippen LogP contribution in [0.2, 0.25) is 0 Å². The number of carbonyl (C=O) groups is 1. The molecule has 1 aromatic heterocycles. The fourth-order valence-electron chi connectivity index (χ4n) is 1.65. The molecule has 1 amide bonds. The van der Waals surface area contributed by atoms with Crippen LogP contribution in [0.4, 0.5) is 5.82 Å². The van der Waals surface area contributed by atoms with Crippen LogP contribution >= 0.6 is 0 Å². The molecule has 6 heteroatoms. The van der Waals surface area contributed by atoms with Gasteiger partial charge < -0.3 is 15.4 Å². The molecular weight excluding hydrogens is 196 g/mol. The summed E-state index contributed by atoms with van der Waals surface area (Å²) in [5.74, 6) is 0.427. The standard InChI is InChI=1S/C9H14N4O2/c1-10-7-5-15-4-6(7)9(14)12-8-2-3-11-13-8/h2-3,6-7,10H,4-5H2,1H3,(H2,11,12,13,14). The predicted octanol–water partition coefficient (Wildman–Crippen LogP) is -0.417. The van der Waals surface area contributed by atoms with E-state index >= 15 is 0 Å². The van der Waals surface area contributed by atoms with Gasteiger partial charge in [-0.1, -0.05) is 0 Å². The largest absolute Gasteiger partial charge is 0.379 e. The second-order valence-electron chi connectivity index (χ2n) is 3.50. The topological polar surface area (TPSA) is 79.0 Å². The Kier molecular flexibility index (Phi) is 2.98. The predicted molar refractivity (Wildman–Crippen MR) is 54.4 cm³/mol. The second-order valence-corrected chi connectivity index (χ2v) is 3.50. The lowest BCUT2D eigenvalue weighted by atomic mass is 10.0. The van der Waals surface area contributed by atoms with Crippen LogP contribution in [0.15, 0.2) is 12.3 Å². The maximum atomic E-state index is 11.8. The maximum absolute atomic E-state index is 11.8. The molecule has 0 bridgehead atoms. The molecule has 0 saturated carbocycles. The third-order valence-electron chi connectivity index (χ3n) is 2.55. The van der Waals surface area contributed by atoms with E-state index in [1.165, 1.54) is 0 Å². The molecule has 15 heavy (non-hydrogen) atoms. The van der Waals surface area contributed by atoms with Crippen LogP contribution in [0.3, 0.4) is 0 Å². The van der Waals surface area contributed by atoms with Gasteiger partial charge in [-0.25, -0.2) is 0 Å². The summed E-state index contributed by atoms with van der Waals surface area (Å²) in [4.78, 5) is 11.8. The van der Waals surface area contributed by atoms with Gasteiger partial charge in [-0.2, -0.15) is 5.10 Å². The summed E-state index contributed by atoms with van der Waals surface area (Å²) in [6.07, 6.45) is 1.59. The number of anilines is 1. The Bertz CT molecular complexity index is 325. The Morgan fingerprint density at radius 1 is 1.67 bits per heavy atom. The SMILES string of the molecule is CNC1COCC1C(=O)Nc1ccn[nH]1. The molecule has 1 saturated heterocycles. The third kappa shape index (κ3) is 2.16. The Balaban J connectivity index is 1.96. The van der Waals surface area contributed by atoms with E-state index in [0.29, 0.717) is 19.0 Å². The molecule has 1 aromatic rings. The minimum absolute atomic E-state index is 0.0453. The van der Waals surface area contributed by atoms with Crippen molar-refractivity contribution in [1.29, 1.82) is 0 Å². The highest BCUT2D eigenvalue weighted by atomic mass is 16.5. The van der Waals surface area contributed by atoms with Gasteiger partial charge in [0.05, 0.1) is 25.3 Å². The highest BCUT2D eigenvalue weighted by Gasteiger charge is 2.32. The van der Waals surface area contributed by atoms with Crippen LogP contribution in [0.5, 0.6) is 0 Å². The maximum Gasteiger partial charge on any atom is 0.232 e. The number of aromatic nitrogens is 2. The van der Waals surface area contributed by atoms with Gasteiger partial charge in [0, 0.05) is 12.1 Å². The van der Waals surface area contributed by atoms with Gasteiger partial charge in [-0.05, 0) is 7.05 Å². The normalized spacial score (nSPS) is 25.4. The summed E-state index contributed by atoms with van der Waals surface area (Å²) in [5.41, 5.74) is 0. The van der Waals surface area contributed by atoms with E-state index in [1.54, 1.807) is 12.3 Å². The Morgan fingerprint density at radius 3 is 3.20 bits per heavy atom. The molecule has 2 rings (SSSR count). The average Bonchev–Trinajstić information content (AvgIpc) is 2.86. The zero-order chi connectivity index (χ0) is 10.7. The number of carbonyl (C=O) groups excluding carboxylic acids is 1. The summed E-state index contributed by atoms with van der Waals surface area (Å²) in [5, 5.41) is 12.2. The van der Waals surface area contributed by atoms with Gasteiger partial charge in [0.25, 0.3) is 0 Å². The minimum atomic E-state index is -0.140. The van der Waals surface area contributed by atoms with Crippen molar-refractivity contribution in [3.8, 4) is 0 Å². The zero-order valence-electron chi connectivity index (χ0n) is 8.49. The molecule has 2 unspecified atom stereocenters. The molecule has 2 heterocycles. The smallest absolute Gasteiger partial charge is 0.232 e. The van der Waals surface area contributed by atoms with Crippen LogP contribution in [0, 0.1) is 5.92 Å². The number of hydrogen-bond acceptors (Lipinski definition) is 4. The van der Waals surface area contributed by atoms with Gasteiger partial charge in [0.2, 0.25) is 5.91 Å². The number of likely N-dealkylation sites (N-methyl/N-ethyl adjacent to an activating group) is 1. The van der Waals surface area contributed by atoms with Crippen LogP contribution in [-0.4, -0.2) is 42.4 Å². The first kappa shape index (κ1) is 10.1. The molecule has 0 radical (unpaired) electrons. The van der Waals surface area contributed by atoms with Crippen molar-refractivity contribution in [3.63, 3.8) is 0 Å². The summed E-state index contributed by atoms with van der Waals surface area (Å²) in [7, 11) is 1.83. The number of amides is 1. The number of aromatic amines is 1. The average molecular weight is 210 g/mol. The monoisotopic (exact) mass is 210 g/mol. The van der Waals surface area contributed by atoms with Crippen molar-refractivity contribution in [2.45, 2.75) is 6.04 Å². The fourth-order valence-corrected chi connectivity index (χ4v) is 1.65. The molecule has 3 N–H and O–H groups in total. The van der Waals surface area contributed by atoms with E-state index < -0.39 is 0 Å².